The molecule has 1 N–H and O–H groups in total. The highest BCUT2D eigenvalue weighted by Crippen LogP contribution is 2.32. The molecule has 2 rings (SSSR count). The Hall–Kier alpha value is -2.34. The predicted molar refractivity (Wildman–Crippen MR) is 107 cm³/mol. The molecule has 26 heavy (non-hydrogen) atoms. The second-order valence-corrected chi connectivity index (χ2v) is 7.01. The average molecular weight is 419 g/mol. The second kappa shape index (κ2) is 9.38. The molecule has 0 saturated heterocycles. The minimum atomic E-state index is -0.320. The summed E-state index contributed by atoms with van der Waals surface area (Å²) in [5, 5.41) is 3.95. The molecule has 0 spiro atoms. The van der Waals surface area contributed by atoms with E-state index in [1.165, 1.54) is 0 Å². The maximum atomic E-state index is 12.0. The van der Waals surface area contributed by atoms with Gasteiger partial charge in [0.15, 0.2) is 6.61 Å². The number of carbonyl (C=O) groups excluding carboxylic acids is 1. The fraction of sp³-hybridized carbons (Fsp3) is 0.300. The summed E-state index contributed by atoms with van der Waals surface area (Å²) in [4.78, 5) is 12.0. The summed E-state index contributed by atoms with van der Waals surface area (Å²) < 4.78 is 11.9. The van der Waals surface area contributed by atoms with Crippen LogP contribution in [0.3, 0.4) is 0 Å². The van der Waals surface area contributed by atoms with E-state index in [1.54, 1.807) is 13.3 Å². The normalized spacial score (nSPS) is 11.0. The van der Waals surface area contributed by atoms with Crippen LogP contribution in [-0.4, -0.2) is 25.8 Å². The lowest BCUT2D eigenvalue weighted by Crippen LogP contribution is -2.25. The third-order valence-electron chi connectivity index (χ3n) is 3.77. The Labute approximate surface area is 162 Å². The van der Waals surface area contributed by atoms with Gasteiger partial charge >= 0.3 is 0 Å². The highest BCUT2D eigenvalue weighted by Gasteiger charge is 2.12. The molecule has 0 unspecified atom stereocenters. The molecule has 0 radical (unpaired) electrons. The molecule has 0 aromatic heterocycles. The number of rotatable bonds is 7. The zero-order valence-electron chi connectivity index (χ0n) is 15.4. The molecule has 0 aliphatic carbocycles. The molecule has 5 nitrogen and oxygen atoms in total. The van der Waals surface area contributed by atoms with Gasteiger partial charge in [0, 0.05) is 4.47 Å². The van der Waals surface area contributed by atoms with Gasteiger partial charge < -0.3 is 9.47 Å². The van der Waals surface area contributed by atoms with Gasteiger partial charge in [0.25, 0.3) is 5.91 Å². The number of methoxy groups -OCH3 is 1. The highest BCUT2D eigenvalue weighted by molar-refractivity contribution is 9.10. The van der Waals surface area contributed by atoms with Crippen molar-refractivity contribution in [1.29, 1.82) is 0 Å². The number of amides is 1. The van der Waals surface area contributed by atoms with E-state index in [-0.39, 0.29) is 18.4 Å². The van der Waals surface area contributed by atoms with Crippen LogP contribution in [-0.2, 0) is 4.79 Å². The van der Waals surface area contributed by atoms with Crippen LogP contribution >= 0.6 is 15.9 Å². The van der Waals surface area contributed by atoms with Crippen molar-refractivity contribution in [1.82, 2.24) is 5.43 Å². The lowest BCUT2D eigenvalue weighted by atomic mass is 10.0. The van der Waals surface area contributed by atoms with Crippen LogP contribution in [0.2, 0.25) is 0 Å². The van der Waals surface area contributed by atoms with Gasteiger partial charge in [-0.25, -0.2) is 5.43 Å². The average Bonchev–Trinajstić information content (AvgIpc) is 2.62. The standard InChI is InChI=1S/C20H23BrN2O3/c1-13(2)17-10-18(21)14(3)8-19(17)26-12-20(24)23-22-11-15-6-5-7-16(9-15)25-4/h5-11,13H,12H2,1-4H3,(H,23,24)/b22-11+. The largest absolute Gasteiger partial charge is 0.497 e. The summed E-state index contributed by atoms with van der Waals surface area (Å²) in [5.74, 6) is 1.42. The van der Waals surface area contributed by atoms with Gasteiger partial charge in [-0.2, -0.15) is 5.10 Å². The van der Waals surface area contributed by atoms with Crippen LogP contribution < -0.4 is 14.9 Å². The summed E-state index contributed by atoms with van der Waals surface area (Å²) in [5.41, 5.74) is 5.41. The quantitative estimate of drug-likeness (QED) is 0.534. The van der Waals surface area contributed by atoms with E-state index in [4.69, 9.17) is 9.47 Å². The number of nitrogens with one attached hydrogen (secondary N) is 1. The number of benzene rings is 2. The molecule has 2 aromatic rings. The fourth-order valence-electron chi connectivity index (χ4n) is 2.32. The van der Waals surface area contributed by atoms with Gasteiger partial charge in [0.1, 0.15) is 11.5 Å². The van der Waals surface area contributed by atoms with Crippen LogP contribution in [0.1, 0.15) is 36.5 Å². The Morgan fingerprint density at radius 2 is 2.08 bits per heavy atom. The maximum absolute atomic E-state index is 12.0. The van der Waals surface area contributed by atoms with E-state index in [2.05, 4.69) is 40.3 Å². The Morgan fingerprint density at radius 1 is 1.31 bits per heavy atom. The van der Waals surface area contributed by atoms with E-state index in [0.29, 0.717) is 5.75 Å². The molecule has 0 bridgehead atoms. The number of hydrogen-bond acceptors (Lipinski definition) is 4. The first kappa shape index (κ1) is 20.0. The fourth-order valence-corrected chi connectivity index (χ4v) is 2.68. The van der Waals surface area contributed by atoms with Gasteiger partial charge in [-0.1, -0.05) is 41.9 Å². The van der Waals surface area contributed by atoms with E-state index in [9.17, 15) is 4.79 Å². The lowest BCUT2D eigenvalue weighted by Gasteiger charge is -2.15. The SMILES string of the molecule is COc1cccc(/C=N/NC(=O)COc2cc(C)c(Br)cc2C(C)C)c1. The number of carbonyl (C=O) groups is 1. The Balaban J connectivity index is 1.94. The van der Waals surface area contributed by atoms with E-state index < -0.39 is 0 Å². The smallest absolute Gasteiger partial charge is 0.277 e. The lowest BCUT2D eigenvalue weighted by molar-refractivity contribution is -0.123. The van der Waals surface area contributed by atoms with Crippen molar-refractivity contribution < 1.29 is 14.3 Å². The van der Waals surface area contributed by atoms with Crippen molar-refractivity contribution >= 4 is 28.1 Å². The topological polar surface area (TPSA) is 59.9 Å². The maximum Gasteiger partial charge on any atom is 0.277 e. The first-order chi connectivity index (χ1) is 12.4. The molecule has 0 heterocycles. The number of aryl methyl sites for hydroxylation is 1. The van der Waals surface area contributed by atoms with Crippen LogP contribution in [0.4, 0.5) is 0 Å². The van der Waals surface area contributed by atoms with Crippen molar-refractivity contribution in [3.8, 4) is 11.5 Å². The molecule has 0 aliphatic heterocycles. The Morgan fingerprint density at radius 3 is 2.77 bits per heavy atom. The van der Waals surface area contributed by atoms with Crippen LogP contribution in [0.5, 0.6) is 11.5 Å². The zero-order chi connectivity index (χ0) is 19.1. The van der Waals surface area contributed by atoms with Crippen molar-refractivity contribution in [2.45, 2.75) is 26.7 Å². The molecule has 0 saturated carbocycles. The number of hydrogen-bond donors (Lipinski definition) is 1. The predicted octanol–water partition coefficient (Wildman–Crippen LogP) is 4.42. The van der Waals surface area contributed by atoms with E-state index in [0.717, 1.165) is 26.9 Å². The molecular formula is C20H23BrN2O3. The molecule has 2 aromatic carbocycles. The van der Waals surface area contributed by atoms with Crippen LogP contribution in [0, 0.1) is 6.92 Å². The number of halogens is 1. The Kier molecular flexibility index (Phi) is 7.21. The van der Waals surface area contributed by atoms with Crippen LogP contribution in [0.25, 0.3) is 0 Å². The summed E-state index contributed by atoms with van der Waals surface area (Å²) in [6.07, 6.45) is 1.56. The first-order valence-corrected chi connectivity index (χ1v) is 9.08. The zero-order valence-corrected chi connectivity index (χ0v) is 17.0. The Bertz CT molecular complexity index is 804. The summed E-state index contributed by atoms with van der Waals surface area (Å²) >= 11 is 3.53. The number of hydrazone groups is 1. The van der Waals surface area contributed by atoms with Gasteiger partial charge in [-0.15, -0.1) is 0 Å². The molecular weight excluding hydrogens is 396 g/mol. The third-order valence-corrected chi connectivity index (χ3v) is 4.62. The highest BCUT2D eigenvalue weighted by atomic mass is 79.9. The summed E-state index contributed by atoms with van der Waals surface area (Å²) in [6, 6.07) is 11.4. The molecule has 138 valence electrons. The second-order valence-electron chi connectivity index (χ2n) is 6.15. The van der Waals surface area contributed by atoms with Crippen molar-refractivity contribution in [3.05, 3.63) is 57.6 Å². The van der Waals surface area contributed by atoms with Gasteiger partial charge in [0.2, 0.25) is 0 Å². The molecule has 0 fully saturated rings. The van der Waals surface area contributed by atoms with Gasteiger partial charge in [-0.3, -0.25) is 4.79 Å². The minimum Gasteiger partial charge on any atom is -0.497 e. The molecule has 6 heteroatoms. The van der Waals surface area contributed by atoms with E-state index in [1.807, 2.05) is 43.3 Å². The summed E-state index contributed by atoms with van der Waals surface area (Å²) in [6.45, 7) is 6.06. The van der Waals surface area contributed by atoms with Crippen LogP contribution in [0.15, 0.2) is 46.0 Å². The van der Waals surface area contributed by atoms with Gasteiger partial charge in [-0.05, 0) is 53.8 Å². The number of ether oxygens (including phenoxy) is 2. The van der Waals surface area contributed by atoms with Gasteiger partial charge in [0.05, 0.1) is 13.3 Å². The summed E-state index contributed by atoms with van der Waals surface area (Å²) in [7, 11) is 1.60. The van der Waals surface area contributed by atoms with Crippen molar-refractivity contribution in [2.24, 2.45) is 5.10 Å². The first-order valence-electron chi connectivity index (χ1n) is 8.29. The molecule has 0 atom stereocenters. The van der Waals surface area contributed by atoms with Crippen molar-refractivity contribution in [2.75, 3.05) is 13.7 Å². The molecule has 0 aliphatic rings. The monoisotopic (exact) mass is 418 g/mol. The molecule has 1 amide bonds. The third kappa shape index (κ3) is 5.59. The number of nitrogens with zero attached hydrogens (tertiary/aromatic N) is 1. The minimum absolute atomic E-state index is 0.101. The van der Waals surface area contributed by atoms with Crippen molar-refractivity contribution in [3.63, 3.8) is 0 Å². The van der Waals surface area contributed by atoms with E-state index >= 15 is 0 Å².